The number of pyridine rings is 1. The molecule has 0 spiro atoms. The van der Waals surface area contributed by atoms with E-state index in [4.69, 9.17) is 22.0 Å². The Hall–Kier alpha value is -1.95. The zero-order chi connectivity index (χ0) is 10.6. The van der Waals surface area contributed by atoms with Crippen LogP contribution in [0.4, 0.5) is 11.4 Å². The third kappa shape index (κ3) is 2.05. The van der Waals surface area contributed by atoms with Gasteiger partial charge >= 0.3 is 0 Å². The molecule has 0 aliphatic carbocycles. The standard InChI is InChI=1S/C8H13N5O/c1-14-8-7(13(11)3-2-9)4-6(10)5-12-8/h2-5H,9-11H2,1H3/b3-2-. The Morgan fingerprint density at radius 3 is 2.86 bits per heavy atom. The van der Waals surface area contributed by atoms with Crippen LogP contribution in [0.3, 0.4) is 0 Å². The molecule has 1 heterocycles. The van der Waals surface area contributed by atoms with Crippen molar-refractivity contribution >= 4 is 11.4 Å². The van der Waals surface area contributed by atoms with Crippen molar-refractivity contribution in [1.29, 1.82) is 0 Å². The van der Waals surface area contributed by atoms with Gasteiger partial charge in [0.15, 0.2) is 0 Å². The van der Waals surface area contributed by atoms with Crippen LogP contribution in [0, 0.1) is 0 Å². The number of aromatic nitrogens is 1. The van der Waals surface area contributed by atoms with Crippen LogP contribution < -0.4 is 27.1 Å². The lowest BCUT2D eigenvalue weighted by Crippen LogP contribution is -2.25. The fourth-order valence-corrected chi connectivity index (χ4v) is 0.971. The number of nitrogen functional groups attached to an aromatic ring is 1. The molecular weight excluding hydrogens is 182 g/mol. The third-order valence-electron chi connectivity index (χ3n) is 1.57. The van der Waals surface area contributed by atoms with E-state index in [9.17, 15) is 0 Å². The van der Waals surface area contributed by atoms with Crippen LogP contribution in [-0.2, 0) is 0 Å². The molecule has 0 atom stereocenters. The van der Waals surface area contributed by atoms with Gasteiger partial charge in [0, 0.05) is 12.4 Å². The number of nitrogens with two attached hydrogens (primary N) is 3. The first-order valence-electron chi connectivity index (χ1n) is 3.91. The molecule has 0 saturated heterocycles. The van der Waals surface area contributed by atoms with Gasteiger partial charge in [-0.1, -0.05) is 0 Å². The van der Waals surface area contributed by atoms with Crippen LogP contribution >= 0.6 is 0 Å². The summed E-state index contributed by atoms with van der Waals surface area (Å²) in [5, 5.41) is 1.28. The maximum absolute atomic E-state index is 5.64. The summed E-state index contributed by atoms with van der Waals surface area (Å²) in [6.45, 7) is 0. The van der Waals surface area contributed by atoms with E-state index in [2.05, 4.69) is 4.98 Å². The molecule has 0 saturated carbocycles. The summed E-state index contributed by atoms with van der Waals surface area (Å²) in [6, 6.07) is 1.64. The molecule has 6 N–H and O–H groups in total. The maximum Gasteiger partial charge on any atom is 0.239 e. The number of hydrazine groups is 1. The molecule has 0 unspecified atom stereocenters. The highest BCUT2D eigenvalue weighted by Crippen LogP contribution is 2.25. The molecule has 1 aromatic rings. The summed E-state index contributed by atoms with van der Waals surface area (Å²) in [7, 11) is 1.50. The topological polar surface area (TPSA) is 103 Å². The summed E-state index contributed by atoms with van der Waals surface area (Å²) in [5.74, 6) is 6.03. The fourth-order valence-electron chi connectivity index (χ4n) is 0.971. The molecule has 6 nitrogen and oxygen atoms in total. The minimum absolute atomic E-state index is 0.389. The average Bonchev–Trinajstić information content (AvgIpc) is 2.18. The first-order valence-corrected chi connectivity index (χ1v) is 3.91. The quantitative estimate of drug-likeness (QED) is 0.455. The number of nitrogens with zero attached hydrogens (tertiary/aromatic N) is 2. The van der Waals surface area contributed by atoms with Crippen molar-refractivity contribution < 1.29 is 4.74 Å². The van der Waals surface area contributed by atoms with Gasteiger partial charge in [0.1, 0.15) is 5.69 Å². The molecule has 1 aromatic heterocycles. The second kappa shape index (κ2) is 4.33. The van der Waals surface area contributed by atoms with Crippen LogP contribution in [0.5, 0.6) is 5.88 Å². The van der Waals surface area contributed by atoms with Gasteiger partial charge in [-0.2, -0.15) is 0 Å². The molecular formula is C8H13N5O. The van der Waals surface area contributed by atoms with E-state index in [1.54, 1.807) is 6.07 Å². The third-order valence-corrected chi connectivity index (χ3v) is 1.57. The maximum atomic E-state index is 5.64. The number of ether oxygens (including phenoxy) is 1. The number of anilines is 2. The van der Waals surface area contributed by atoms with Gasteiger partial charge in [-0.3, -0.25) is 5.01 Å². The molecule has 14 heavy (non-hydrogen) atoms. The van der Waals surface area contributed by atoms with Crippen molar-refractivity contribution in [3.8, 4) is 5.88 Å². The Morgan fingerprint density at radius 2 is 2.29 bits per heavy atom. The Labute approximate surface area is 81.9 Å². The van der Waals surface area contributed by atoms with Crippen LogP contribution in [0.1, 0.15) is 0 Å². The van der Waals surface area contributed by atoms with E-state index in [0.29, 0.717) is 17.3 Å². The van der Waals surface area contributed by atoms with Gasteiger partial charge in [-0.15, -0.1) is 0 Å². The monoisotopic (exact) mass is 195 g/mol. The Morgan fingerprint density at radius 1 is 1.57 bits per heavy atom. The molecule has 6 heteroatoms. The Bertz CT molecular complexity index is 339. The number of hydrogen-bond donors (Lipinski definition) is 3. The molecule has 0 aliphatic heterocycles. The zero-order valence-corrected chi connectivity index (χ0v) is 7.84. The number of hydrogen-bond acceptors (Lipinski definition) is 6. The average molecular weight is 195 g/mol. The summed E-state index contributed by atoms with van der Waals surface area (Å²) >= 11 is 0. The predicted molar refractivity (Wildman–Crippen MR) is 55.2 cm³/mol. The van der Waals surface area contributed by atoms with Gasteiger partial charge < -0.3 is 16.2 Å². The van der Waals surface area contributed by atoms with Crippen LogP contribution in [0.2, 0.25) is 0 Å². The summed E-state index contributed by atoms with van der Waals surface area (Å²) in [6.07, 6.45) is 4.27. The fraction of sp³-hybridized carbons (Fsp3) is 0.125. The molecule has 1 rings (SSSR count). The van der Waals surface area contributed by atoms with E-state index in [0.717, 1.165) is 0 Å². The van der Waals surface area contributed by atoms with Crippen LogP contribution in [0.15, 0.2) is 24.7 Å². The zero-order valence-electron chi connectivity index (χ0n) is 7.84. The van der Waals surface area contributed by atoms with E-state index >= 15 is 0 Å². The van der Waals surface area contributed by atoms with Crippen molar-refractivity contribution in [3.63, 3.8) is 0 Å². The molecule has 76 valence electrons. The van der Waals surface area contributed by atoms with E-state index in [1.807, 2.05) is 0 Å². The van der Waals surface area contributed by atoms with E-state index in [-0.39, 0.29) is 0 Å². The SMILES string of the molecule is COc1ncc(N)cc1N(N)/C=C\N. The largest absolute Gasteiger partial charge is 0.479 e. The van der Waals surface area contributed by atoms with Crippen molar-refractivity contribution in [2.75, 3.05) is 17.9 Å². The van der Waals surface area contributed by atoms with Crippen molar-refractivity contribution in [2.45, 2.75) is 0 Å². The molecule has 0 aromatic carbocycles. The van der Waals surface area contributed by atoms with E-state index in [1.165, 1.54) is 30.7 Å². The highest BCUT2D eigenvalue weighted by Gasteiger charge is 2.08. The number of rotatable bonds is 3. The highest BCUT2D eigenvalue weighted by molar-refractivity contribution is 5.61. The Kier molecular flexibility index (Phi) is 3.14. The van der Waals surface area contributed by atoms with Crippen molar-refractivity contribution in [3.05, 3.63) is 24.7 Å². The van der Waals surface area contributed by atoms with Gasteiger partial charge in [-0.25, -0.2) is 10.8 Å². The lowest BCUT2D eigenvalue weighted by atomic mass is 10.3. The summed E-state index contributed by atoms with van der Waals surface area (Å²) in [4.78, 5) is 3.96. The summed E-state index contributed by atoms with van der Waals surface area (Å²) < 4.78 is 5.00. The second-order valence-corrected chi connectivity index (χ2v) is 2.55. The lowest BCUT2D eigenvalue weighted by Gasteiger charge is -2.15. The molecule has 0 radical (unpaired) electrons. The molecule has 0 fully saturated rings. The Balaban J connectivity index is 3.09. The highest BCUT2D eigenvalue weighted by atomic mass is 16.5. The van der Waals surface area contributed by atoms with Crippen molar-refractivity contribution in [2.24, 2.45) is 11.6 Å². The summed E-state index contributed by atoms with van der Waals surface area (Å²) in [5.41, 5.74) is 11.8. The first kappa shape index (κ1) is 10.1. The van der Waals surface area contributed by atoms with Gasteiger partial charge in [0.2, 0.25) is 5.88 Å². The second-order valence-electron chi connectivity index (χ2n) is 2.55. The molecule has 0 amide bonds. The van der Waals surface area contributed by atoms with Gasteiger partial charge in [-0.05, 0) is 6.07 Å². The van der Waals surface area contributed by atoms with Crippen LogP contribution in [-0.4, -0.2) is 12.1 Å². The minimum Gasteiger partial charge on any atom is -0.479 e. The normalized spacial score (nSPS) is 10.4. The lowest BCUT2D eigenvalue weighted by molar-refractivity contribution is 0.398. The van der Waals surface area contributed by atoms with Crippen LogP contribution in [0.25, 0.3) is 0 Å². The van der Waals surface area contributed by atoms with Crippen molar-refractivity contribution in [1.82, 2.24) is 4.98 Å². The molecule has 0 bridgehead atoms. The van der Waals surface area contributed by atoms with Gasteiger partial charge in [0.05, 0.1) is 19.0 Å². The van der Waals surface area contributed by atoms with Gasteiger partial charge in [0.25, 0.3) is 0 Å². The molecule has 0 aliphatic rings. The van der Waals surface area contributed by atoms with E-state index < -0.39 is 0 Å². The first-order chi connectivity index (χ1) is 6.69. The smallest absolute Gasteiger partial charge is 0.239 e. The predicted octanol–water partition coefficient (Wildman–Crippen LogP) is -0.218. The minimum atomic E-state index is 0.389. The number of methoxy groups -OCH3 is 1.